The van der Waals surface area contributed by atoms with Crippen LogP contribution in [-0.4, -0.2) is 51.3 Å². The Morgan fingerprint density at radius 2 is 1.69 bits per heavy atom. The van der Waals surface area contributed by atoms with E-state index in [0.717, 1.165) is 31.7 Å². The summed E-state index contributed by atoms with van der Waals surface area (Å²) < 4.78 is 2.63. The molecule has 10 heteroatoms. The van der Waals surface area contributed by atoms with E-state index in [0.29, 0.717) is 23.0 Å². The smallest absolute Gasteiger partial charge is 0.350 e. The van der Waals surface area contributed by atoms with Crippen molar-refractivity contribution in [3.63, 3.8) is 0 Å². The predicted octanol–water partition coefficient (Wildman–Crippen LogP) is 2.50. The Balaban J connectivity index is 1.27. The van der Waals surface area contributed by atoms with E-state index in [1.54, 1.807) is 24.5 Å². The van der Waals surface area contributed by atoms with Gasteiger partial charge in [0.2, 0.25) is 11.6 Å². The molecule has 0 spiro atoms. The maximum absolute atomic E-state index is 12.9. The molecule has 180 valence electrons. The van der Waals surface area contributed by atoms with Gasteiger partial charge in [0.05, 0.1) is 0 Å². The van der Waals surface area contributed by atoms with E-state index in [2.05, 4.69) is 56.4 Å². The van der Waals surface area contributed by atoms with Gasteiger partial charge in [-0.05, 0) is 36.8 Å². The number of nitrogens with zero attached hydrogens (tertiary/aromatic N) is 6. The van der Waals surface area contributed by atoms with Crippen molar-refractivity contribution in [1.29, 1.82) is 0 Å². The molecule has 1 amide bonds. The number of hydrogen-bond acceptors (Lipinski definition) is 6. The molecule has 0 bridgehead atoms. The number of aromatic nitrogens is 4. The van der Waals surface area contributed by atoms with Crippen LogP contribution in [0.4, 0.5) is 11.5 Å². The lowest BCUT2D eigenvalue weighted by Gasteiger charge is -2.36. The SMILES string of the molecule is Cc1ccc(N2CCN(c3nccn4c(=O)n(CC(=O)NCc5ccc(Cl)cc5)nc34)CC2)cc1. The molecule has 1 N–H and O–H groups in total. The number of aryl methyl sites for hydroxylation is 1. The molecule has 0 radical (unpaired) electrons. The summed E-state index contributed by atoms with van der Waals surface area (Å²) in [6.45, 7) is 5.43. The van der Waals surface area contributed by atoms with Crippen LogP contribution in [0.25, 0.3) is 5.65 Å². The minimum atomic E-state index is -0.372. The molecule has 1 aliphatic rings. The maximum Gasteiger partial charge on any atom is 0.350 e. The lowest BCUT2D eigenvalue weighted by atomic mass is 10.2. The van der Waals surface area contributed by atoms with Crippen molar-refractivity contribution in [3.8, 4) is 0 Å². The summed E-state index contributed by atoms with van der Waals surface area (Å²) in [5.41, 5.74) is 3.44. The standard InChI is InChI=1S/C25H26ClN7O2/c1-18-2-8-21(9-3-18)30-12-14-31(15-13-30)23-24-29-33(25(35)32(24)11-10-27-23)17-22(34)28-16-19-4-6-20(26)7-5-19/h2-11H,12-17H2,1H3,(H,28,34). The summed E-state index contributed by atoms with van der Waals surface area (Å²) in [4.78, 5) is 34.4. The van der Waals surface area contributed by atoms with Crippen LogP contribution < -0.4 is 20.8 Å². The van der Waals surface area contributed by atoms with Crippen molar-refractivity contribution in [2.75, 3.05) is 36.0 Å². The summed E-state index contributed by atoms with van der Waals surface area (Å²) in [7, 11) is 0. The van der Waals surface area contributed by atoms with E-state index in [1.807, 2.05) is 12.1 Å². The fourth-order valence-electron chi connectivity index (χ4n) is 4.19. The molecule has 2 aromatic heterocycles. The fraction of sp³-hybridized carbons (Fsp3) is 0.280. The Kier molecular flexibility index (Phi) is 6.41. The molecular weight excluding hydrogens is 466 g/mol. The first kappa shape index (κ1) is 22.9. The van der Waals surface area contributed by atoms with Crippen molar-refractivity contribution >= 4 is 34.7 Å². The average Bonchev–Trinajstić information content (AvgIpc) is 3.19. The van der Waals surface area contributed by atoms with Gasteiger partial charge in [-0.1, -0.05) is 41.4 Å². The van der Waals surface area contributed by atoms with Crippen LogP contribution in [0.5, 0.6) is 0 Å². The Hall–Kier alpha value is -3.85. The summed E-state index contributed by atoms with van der Waals surface area (Å²) >= 11 is 5.90. The third-order valence-corrected chi connectivity index (χ3v) is 6.41. The molecule has 0 aliphatic carbocycles. The van der Waals surface area contributed by atoms with Crippen LogP contribution in [0.3, 0.4) is 0 Å². The van der Waals surface area contributed by atoms with E-state index < -0.39 is 0 Å². The van der Waals surface area contributed by atoms with Gasteiger partial charge in [-0.25, -0.2) is 18.9 Å². The molecule has 9 nitrogen and oxygen atoms in total. The highest BCUT2D eigenvalue weighted by Crippen LogP contribution is 2.21. The highest BCUT2D eigenvalue weighted by molar-refractivity contribution is 6.30. The van der Waals surface area contributed by atoms with E-state index >= 15 is 0 Å². The number of benzene rings is 2. The first-order valence-electron chi connectivity index (χ1n) is 11.5. The van der Waals surface area contributed by atoms with Gasteiger partial charge >= 0.3 is 5.69 Å². The Bertz CT molecular complexity index is 1390. The zero-order chi connectivity index (χ0) is 24.4. The zero-order valence-electron chi connectivity index (χ0n) is 19.4. The van der Waals surface area contributed by atoms with Gasteiger partial charge in [-0.15, -0.1) is 5.10 Å². The van der Waals surface area contributed by atoms with Crippen molar-refractivity contribution in [1.82, 2.24) is 24.5 Å². The maximum atomic E-state index is 12.9. The number of carbonyl (C=O) groups is 1. The molecule has 0 unspecified atom stereocenters. The van der Waals surface area contributed by atoms with Gasteiger partial charge in [0.1, 0.15) is 6.54 Å². The van der Waals surface area contributed by atoms with Gasteiger partial charge in [-0.2, -0.15) is 0 Å². The Morgan fingerprint density at radius 1 is 1.00 bits per heavy atom. The molecule has 35 heavy (non-hydrogen) atoms. The predicted molar refractivity (Wildman–Crippen MR) is 136 cm³/mol. The van der Waals surface area contributed by atoms with Gasteiger partial charge in [0, 0.05) is 55.8 Å². The molecule has 4 aromatic rings. The van der Waals surface area contributed by atoms with Crippen LogP contribution in [0, 0.1) is 6.92 Å². The molecule has 0 saturated carbocycles. The van der Waals surface area contributed by atoms with Crippen LogP contribution in [0.1, 0.15) is 11.1 Å². The normalized spacial score (nSPS) is 13.9. The van der Waals surface area contributed by atoms with Gasteiger partial charge in [-0.3, -0.25) is 4.79 Å². The van der Waals surface area contributed by atoms with Crippen LogP contribution >= 0.6 is 11.6 Å². The van der Waals surface area contributed by atoms with E-state index in [-0.39, 0.29) is 18.1 Å². The van der Waals surface area contributed by atoms with Crippen molar-refractivity contribution in [2.24, 2.45) is 0 Å². The second-order valence-electron chi connectivity index (χ2n) is 8.60. The number of piperazine rings is 1. The number of amides is 1. The number of hydrogen-bond donors (Lipinski definition) is 1. The van der Waals surface area contributed by atoms with E-state index in [1.165, 1.54) is 20.3 Å². The summed E-state index contributed by atoms with van der Waals surface area (Å²) in [6, 6.07) is 15.7. The molecule has 1 fully saturated rings. The minimum Gasteiger partial charge on any atom is -0.368 e. The van der Waals surface area contributed by atoms with Gasteiger partial charge in [0.25, 0.3) is 0 Å². The highest BCUT2D eigenvalue weighted by Gasteiger charge is 2.22. The first-order valence-corrected chi connectivity index (χ1v) is 11.9. The molecule has 3 heterocycles. The molecule has 1 saturated heterocycles. The summed E-state index contributed by atoms with van der Waals surface area (Å²) in [5.74, 6) is 0.347. The lowest BCUT2D eigenvalue weighted by Crippen LogP contribution is -2.47. The van der Waals surface area contributed by atoms with Crippen LogP contribution in [-0.2, 0) is 17.9 Å². The monoisotopic (exact) mass is 491 g/mol. The van der Waals surface area contributed by atoms with Crippen LogP contribution in [0.15, 0.2) is 65.7 Å². The average molecular weight is 492 g/mol. The number of nitrogens with one attached hydrogen (secondary N) is 1. The lowest BCUT2D eigenvalue weighted by molar-refractivity contribution is -0.122. The quantitative estimate of drug-likeness (QED) is 0.446. The second kappa shape index (κ2) is 9.79. The van der Waals surface area contributed by atoms with E-state index in [9.17, 15) is 9.59 Å². The van der Waals surface area contributed by atoms with E-state index in [4.69, 9.17) is 11.6 Å². The molecule has 5 rings (SSSR count). The number of halogens is 1. The molecule has 0 atom stereocenters. The number of anilines is 2. The molecule has 1 aliphatic heterocycles. The summed E-state index contributed by atoms with van der Waals surface area (Å²) in [5, 5.41) is 7.91. The Labute approximate surface area is 207 Å². The van der Waals surface area contributed by atoms with Crippen molar-refractivity contribution in [2.45, 2.75) is 20.0 Å². The second-order valence-corrected chi connectivity index (χ2v) is 9.03. The van der Waals surface area contributed by atoms with Crippen molar-refractivity contribution in [3.05, 3.63) is 87.6 Å². The zero-order valence-corrected chi connectivity index (χ0v) is 20.1. The number of fused-ring (bicyclic) bond motifs is 1. The minimum absolute atomic E-state index is 0.172. The van der Waals surface area contributed by atoms with Crippen LogP contribution in [0.2, 0.25) is 5.02 Å². The van der Waals surface area contributed by atoms with Gasteiger partial charge in [0.15, 0.2) is 5.82 Å². The largest absolute Gasteiger partial charge is 0.368 e. The van der Waals surface area contributed by atoms with Crippen molar-refractivity contribution < 1.29 is 4.79 Å². The molecular formula is C25H26ClN7O2. The highest BCUT2D eigenvalue weighted by atomic mass is 35.5. The first-order chi connectivity index (χ1) is 17.0. The molecule has 2 aromatic carbocycles. The topological polar surface area (TPSA) is 87.8 Å². The Morgan fingerprint density at radius 3 is 2.40 bits per heavy atom. The third-order valence-electron chi connectivity index (χ3n) is 6.16. The number of carbonyl (C=O) groups excluding carboxylic acids is 1. The van der Waals surface area contributed by atoms with Gasteiger partial charge < -0.3 is 15.1 Å². The third kappa shape index (κ3) is 5.00. The fourth-order valence-corrected chi connectivity index (χ4v) is 4.31. The summed E-state index contributed by atoms with van der Waals surface area (Å²) in [6.07, 6.45) is 3.18. The number of rotatable bonds is 6.